The van der Waals surface area contributed by atoms with Crippen molar-refractivity contribution >= 4 is 17.3 Å². The monoisotopic (exact) mass is 344 g/mol. The van der Waals surface area contributed by atoms with E-state index < -0.39 is 0 Å². The Morgan fingerprint density at radius 3 is 2.68 bits per heavy atom. The maximum atomic E-state index is 12.3. The Morgan fingerprint density at radius 2 is 2.04 bits per heavy atom. The lowest BCUT2D eigenvalue weighted by Gasteiger charge is -2.35. The predicted molar refractivity (Wildman–Crippen MR) is 96.1 cm³/mol. The fraction of sp³-hybridized carbons (Fsp3) is 0.471. The molecule has 1 saturated heterocycles. The molecule has 0 atom stereocenters. The molecule has 134 valence electrons. The summed E-state index contributed by atoms with van der Waals surface area (Å²) in [5, 5.41) is 9.92. The van der Waals surface area contributed by atoms with Crippen molar-refractivity contribution < 1.29 is 9.53 Å². The van der Waals surface area contributed by atoms with Gasteiger partial charge in [-0.05, 0) is 13.8 Å². The van der Waals surface area contributed by atoms with Crippen LogP contribution >= 0.6 is 0 Å². The topological polar surface area (TPSA) is 86.4 Å². The van der Waals surface area contributed by atoms with Crippen LogP contribution in [0.25, 0.3) is 0 Å². The highest BCUT2D eigenvalue weighted by molar-refractivity contribution is 5.93. The average Bonchev–Trinajstić information content (AvgIpc) is 2.94. The number of hydrogen-bond acceptors (Lipinski definition) is 6. The molecule has 25 heavy (non-hydrogen) atoms. The fourth-order valence-electron chi connectivity index (χ4n) is 2.97. The average molecular weight is 344 g/mol. The molecule has 0 unspecified atom stereocenters. The highest BCUT2D eigenvalue weighted by atomic mass is 16.5. The third-order valence-electron chi connectivity index (χ3n) is 4.43. The van der Waals surface area contributed by atoms with Crippen LogP contribution in [0.5, 0.6) is 5.75 Å². The van der Waals surface area contributed by atoms with Crippen LogP contribution in [0.2, 0.25) is 0 Å². The van der Waals surface area contributed by atoms with Gasteiger partial charge in [0.25, 0.3) is 0 Å². The molecule has 1 aliphatic heterocycles. The first-order chi connectivity index (χ1) is 12.1. The van der Waals surface area contributed by atoms with Gasteiger partial charge in [-0.3, -0.25) is 19.8 Å². The van der Waals surface area contributed by atoms with Crippen LogP contribution in [-0.4, -0.2) is 65.8 Å². The van der Waals surface area contributed by atoms with E-state index in [1.807, 2.05) is 26.1 Å². The number of piperazine rings is 1. The number of aromatic amines is 1. The molecule has 0 aromatic carbocycles. The summed E-state index contributed by atoms with van der Waals surface area (Å²) in [6.07, 6.45) is 3.54. The summed E-state index contributed by atoms with van der Waals surface area (Å²) < 4.78 is 5.23. The zero-order valence-corrected chi connectivity index (χ0v) is 14.9. The standard InChI is InChI=1S/C17H24N6O2/c1-12-17(13(2)21-20-12)19-16(24)11-22-4-6-23(7-5-22)14-8-15(25-3)10-18-9-14/h8-10H,4-7,11H2,1-3H3,(H,19,24)(H,20,21). The van der Waals surface area contributed by atoms with E-state index in [-0.39, 0.29) is 5.91 Å². The van der Waals surface area contributed by atoms with Gasteiger partial charge >= 0.3 is 0 Å². The number of aromatic nitrogens is 3. The molecule has 2 N–H and O–H groups in total. The highest BCUT2D eigenvalue weighted by Gasteiger charge is 2.20. The number of pyridine rings is 1. The number of hydrogen-bond donors (Lipinski definition) is 2. The van der Waals surface area contributed by atoms with Crippen LogP contribution in [0.15, 0.2) is 18.5 Å². The van der Waals surface area contributed by atoms with Gasteiger partial charge in [0.15, 0.2) is 0 Å². The van der Waals surface area contributed by atoms with Gasteiger partial charge in [-0.1, -0.05) is 0 Å². The number of ether oxygens (including phenoxy) is 1. The van der Waals surface area contributed by atoms with Gasteiger partial charge in [-0.25, -0.2) is 0 Å². The molecule has 1 fully saturated rings. The third-order valence-corrected chi connectivity index (χ3v) is 4.43. The molecule has 0 radical (unpaired) electrons. The van der Waals surface area contributed by atoms with Crippen molar-refractivity contribution in [1.82, 2.24) is 20.1 Å². The lowest BCUT2D eigenvalue weighted by atomic mass is 10.2. The Labute approximate surface area is 147 Å². The van der Waals surface area contributed by atoms with Gasteiger partial charge in [0, 0.05) is 32.2 Å². The summed E-state index contributed by atoms with van der Waals surface area (Å²) in [4.78, 5) is 20.9. The lowest BCUT2D eigenvalue weighted by molar-refractivity contribution is -0.117. The Bertz CT molecular complexity index is 717. The third kappa shape index (κ3) is 4.08. The molecular formula is C17H24N6O2. The van der Waals surface area contributed by atoms with E-state index in [1.165, 1.54) is 0 Å². The Morgan fingerprint density at radius 1 is 1.28 bits per heavy atom. The van der Waals surface area contributed by atoms with E-state index in [4.69, 9.17) is 4.74 Å². The van der Waals surface area contributed by atoms with E-state index in [9.17, 15) is 4.79 Å². The maximum absolute atomic E-state index is 12.3. The minimum absolute atomic E-state index is 0.0101. The number of nitrogens with one attached hydrogen (secondary N) is 2. The van der Waals surface area contributed by atoms with Crippen LogP contribution in [0, 0.1) is 13.8 Å². The molecule has 1 amide bonds. The SMILES string of the molecule is COc1cncc(N2CCN(CC(=O)Nc3c(C)n[nH]c3C)CC2)c1. The first kappa shape index (κ1) is 17.2. The fourth-order valence-corrected chi connectivity index (χ4v) is 2.97. The molecule has 3 heterocycles. The van der Waals surface area contributed by atoms with Gasteiger partial charge in [0.1, 0.15) is 5.75 Å². The minimum atomic E-state index is -0.0101. The van der Waals surface area contributed by atoms with E-state index in [0.29, 0.717) is 6.54 Å². The molecule has 2 aromatic heterocycles. The predicted octanol–water partition coefficient (Wildman–Crippen LogP) is 1.19. The quantitative estimate of drug-likeness (QED) is 0.847. The number of methoxy groups -OCH3 is 1. The zero-order valence-electron chi connectivity index (χ0n) is 14.9. The molecule has 8 heteroatoms. The number of H-pyrrole nitrogens is 1. The molecule has 2 aromatic rings. The summed E-state index contributed by atoms with van der Waals surface area (Å²) in [7, 11) is 1.64. The molecule has 0 bridgehead atoms. The van der Waals surface area contributed by atoms with E-state index in [1.54, 1.807) is 13.3 Å². The normalized spacial score (nSPS) is 15.2. The summed E-state index contributed by atoms with van der Waals surface area (Å²) in [6.45, 7) is 7.52. The van der Waals surface area contributed by atoms with Gasteiger partial charge in [0.2, 0.25) is 5.91 Å². The number of anilines is 2. The lowest BCUT2D eigenvalue weighted by Crippen LogP contribution is -2.48. The highest BCUT2D eigenvalue weighted by Crippen LogP contribution is 2.20. The van der Waals surface area contributed by atoms with Gasteiger partial charge in [-0.2, -0.15) is 5.10 Å². The molecule has 1 aliphatic rings. The van der Waals surface area contributed by atoms with Crippen molar-refractivity contribution in [3.63, 3.8) is 0 Å². The maximum Gasteiger partial charge on any atom is 0.238 e. The number of aryl methyl sites for hydroxylation is 2. The number of carbonyl (C=O) groups excluding carboxylic acids is 1. The Balaban J connectivity index is 1.51. The van der Waals surface area contributed by atoms with E-state index in [2.05, 4.69) is 30.3 Å². The van der Waals surface area contributed by atoms with Gasteiger partial charge < -0.3 is 15.0 Å². The first-order valence-electron chi connectivity index (χ1n) is 8.34. The van der Waals surface area contributed by atoms with Crippen molar-refractivity contribution in [3.8, 4) is 5.75 Å². The van der Waals surface area contributed by atoms with Crippen LogP contribution in [0.1, 0.15) is 11.4 Å². The summed E-state index contributed by atoms with van der Waals surface area (Å²) in [5.74, 6) is 0.745. The van der Waals surface area contributed by atoms with Crippen molar-refractivity contribution in [2.24, 2.45) is 0 Å². The number of carbonyl (C=O) groups is 1. The van der Waals surface area contributed by atoms with Gasteiger partial charge in [0.05, 0.1) is 48.8 Å². The van der Waals surface area contributed by atoms with Crippen LogP contribution in [0.3, 0.4) is 0 Å². The van der Waals surface area contributed by atoms with Crippen LogP contribution in [-0.2, 0) is 4.79 Å². The second kappa shape index (κ2) is 7.52. The number of nitrogens with zero attached hydrogens (tertiary/aromatic N) is 4. The molecule has 0 saturated carbocycles. The Hall–Kier alpha value is -2.61. The second-order valence-electron chi connectivity index (χ2n) is 6.20. The van der Waals surface area contributed by atoms with Crippen molar-refractivity contribution in [1.29, 1.82) is 0 Å². The van der Waals surface area contributed by atoms with Crippen molar-refractivity contribution in [2.75, 3.05) is 50.1 Å². The van der Waals surface area contributed by atoms with Crippen molar-refractivity contribution in [3.05, 3.63) is 29.8 Å². The zero-order chi connectivity index (χ0) is 17.8. The van der Waals surface area contributed by atoms with E-state index >= 15 is 0 Å². The van der Waals surface area contributed by atoms with E-state index in [0.717, 1.165) is 54.7 Å². The van der Waals surface area contributed by atoms with Gasteiger partial charge in [-0.15, -0.1) is 0 Å². The summed E-state index contributed by atoms with van der Waals surface area (Å²) in [6, 6.07) is 1.99. The Kier molecular flexibility index (Phi) is 5.18. The molecule has 3 rings (SSSR count). The first-order valence-corrected chi connectivity index (χ1v) is 8.34. The summed E-state index contributed by atoms with van der Waals surface area (Å²) in [5.41, 5.74) is 3.52. The molecule has 8 nitrogen and oxygen atoms in total. The van der Waals surface area contributed by atoms with Crippen molar-refractivity contribution in [2.45, 2.75) is 13.8 Å². The largest absolute Gasteiger partial charge is 0.495 e. The van der Waals surface area contributed by atoms with Crippen LogP contribution < -0.4 is 15.0 Å². The molecule has 0 spiro atoms. The van der Waals surface area contributed by atoms with Crippen LogP contribution in [0.4, 0.5) is 11.4 Å². The minimum Gasteiger partial charge on any atom is -0.495 e. The smallest absolute Gasteiger partial charge is 0.238 e. The number of amides is 1. The molecular weight excluding hydrogens is 320 g/mol. The second-order valence-corrected chi connectivity index (χ2v) is 6.20. The number of rotatable bonds is 5. The molecule has 0 aliphatic carbocycles. The summed E-state index contributed by atoms with van der Waals surface area (Å²) >= 11 is 0.